The Morgan fingerprint density at radius 1 is 1.23 bits per heavy atom. The molecule has 1 saturated heterocycles. The monoisotopic (exact) mass is 375 g/mol. The lowest BCUT2D eigenvalue weighted by molar-refractivity contribution is -0.385. The molecule has 0 radical (unpaired) electrons. The van der Waals surface area contributed by atoms with Crippen molar-refractivity contribution in [1.29, 1.82) is 0 Å². The zero-order valence-corrected chi connectivity index (χ0v) is 14.8. The molecule has 1 aliphatic heterocycles. The van der Waals surface area contributed by atoms with Crippen molar-refractivity contribution in [2.24, 2.45) is 0 Å². The van der Waals surface area contributed by atoms with Crippen LogP contribution in [-0.2, 0) is 10.0 Å². The van der Waals surface area contributed by atoms with Crippen molar-refractivity contribution in [3.63, 3.8) is 0 Å². The zero-order valence-electron chi connectivity index (χ0n) is 14.0. The van der Waals surface area contributed by atoms with Gasteiger partial charge in [0, 0.05) is 18.2 Å². The summed E-state index contributed by atoms with van der Waals surface area (Å²) in [5, 5.41) is 13.7. The number of carbonyl (C=O) groups excluding carboxylic acids is 1. The molecule has 0 aliphatic carbocycles. The van der Waals surface area contributed by atoms with E-state index in [0.717, 1.165) is 0 Å². The van der Waals surface area contributed by atoms with Gasteiger partial charge in [-0.15, -0.1) is 0 Å². The fourth-order valence-corrected chi connectivity index (χ4v) is 4.44. The number of nitro benzene ring substituents is 1. The Hall–Kier alpha value is -2.94. The first-order valence-electron chi connectivity index (χ1n) is 7.95. The number of rotatable bonds is 4. The molecule has 9 heteroatoms. The third-order valence-corrected chi connectivity index (χ3v) is 6.12. The minimum absolute atomic E-state index is 0.0836. The van der Waals surface area contributed by atoms with Crippen LogP contribution in [0.25, 0.3) is 0 Å². The molecule has 136 valence electrons. The molecule has 1 aliphatic rings. The SMILES string of the molecule is Cc1c(NC(=O)c2cccc(N3CCCS3(=O)=O)c2)cccc1[N+](=O)[O-]. The molecular formula is C17H17N3O5S. The van der Waals surface area contributed by atoms with E-state index in [1.807, 2.05) is 0 Å². The van der Waals surface area contributed by atoms with Crippen LogP contribution in [0, 0.1) is 17.0 Å². The number of nitrogens with one attached hydrogen (secondary N) is 1. The minimum atomic E-state index is -3.34. The fraction of sp³-hybridized carbons (Fsp3) is 0.235. The molecule has 0 unspecified atom stereocenters. The Morgan fingerprint density at radius 3 is 2.62 bits per heavy atom. The van der Waals surface area contributed by atoms with Gasteiger partial charge >= 0.3 is 0 Å². The highest BCUT2D eigenvalue weighted by atomic mass is 32.2. The lowest BCUT2D eigenvalue weighted by Crippen LogP contribution is -2.25. The zero-order chi connectivity index (χ0) is 18.9. The number of anilines is 2. The highest BCUT2D eigenvalue weighted by molar-refractivity contribution is 7.93. The molecule has 0 aromatic heterocycles. The molecule has 1 fully saturated rings. The second kappa shape index (κ2) is 6.75. The number of benzene rings is 2. The van der Waals surface area contributed by atoms with Crippen molar-refractivity contribution in [2.45, 2.75) is 13.3 Å². The van der Waals surface area contributed by atoms with Crippen molar-refractivity contribution in [3.8, 4) is 0 Å². The average Bonchev–Trinajstić information content (AvgIpc) is 2.95. The molecule has 1 heterocycles. The standard InChI is InChI=1S/C17H17N3O5S/c1-12-15(7-3-8-16(12)20(22)23)18-17(21)13-5-2-6-14(11-13)19-9-4-10-26(19,24)25/h2-3,5-8,11H,4,9-10H2,1H3,(H,18,21). The molecule has 0 saturated carbocycles. The van der Waals surface area contributed by atoms with Gasteiger partial charge in [-0.3, -0.25) is 19.2 Å². The Bertz CT molecular complexity index is 988. The molecule has 1 amide bonds. The van der Waals surface area contributed by atoms with Gasteiger partial charge in [-0.1, -0.05) is 12.1 Å². The van der Waals surface area contributed by atoms with Gasteiger partial charge in [0.2, 0.25) is 10.0 Å². The summed E-state index contributed by atoms with van der Waals surface area (Å²) in [4.78, 5) is 23.0. The van der Waals surface area contributed by atoms with Crippen molar-refractivity contribution < 1.29 is 18.1 Å². The number of carbonyl (C=O) groups is 1. The summed E-state index contributed by atoms with van der Waals surface area (Å²) in [6, 6.07) is 10.8. The Balaban J connectivity index is 1.87. The van der Waals surface area contributed by atoms with Crippen LogP contribution in [-0.4, -0.2) is 31.5 Å². The van der Waals surface area contributed by atoms with Crippen LogP contribution in [0.3, 0.4) is 0 Å². The van der Waals surface area contributed by atoms with Crippen molar-refractivity contribution in [2.75, 3.05) is 21.9 Å². The number of nitro groups is 1. The van der Waals surface area contributed by atoms with Gasteiger partial charge in [0.25, 0.3) is 11.6 Å². The summed E-state index contributed by atoms with van der Waals surface area (Å²) < 4.78 is 25.4. The largest absolute Gasteiger partial charge is 0.321 e. The molecular weight excluding hydrogens is 358 g/mol. The lowest BCUT2D eigenvalue weighted by atomic mass is 10.1. The van der Waals surface area contributed by atoms with Gasteiger partial charge in [0.05, 0.1) is 27.6 Å². The maximum absolute atomic E-state index is 12.5. The van der Waals surface area contributed by atoms with Crippen LogP contribution >= 0.6 is 0 Å². The van der Waals surface area contributed by atoms with E-state index in [-0.39, 0.29) is 17.0 Å². The maximum atomic E-state index is 12.5. The number of nitrogens with zero attached hydrogens (tertiary/aromatic N) is 2. The first-order valence-corrected chi connectivity index (χ1v) is 9.56. The van der Waals surface area contributed by atoms with Gasteiger partial charge in [-0.05, 0) is 37.6 Å². The maximum Gasteiger partial charge on any atom is 0.274 e. The number of amides is 1. The second-order valence-electron chi connectivity index (χ2n) is 5.95. The summed E-state index contributed by atoms with van der Waals surface area (Å²) in [6.45, 7) is 1.94. The number of hydrogen-bond donors (Lipinski definition) is 1. The Morgan fingerprint density at radius 2 is 1.96 bits per heavy atom. The predicted octanol–water partition coefficient (Wildman–Crippen LogP) is 2.70. The molecule has 1 N–H and O–H groups in total. The highest BCUT2D eigenvalue weighted by Gasteiger charge is 2.28. The summed E-state index contributed by atoms with van der Waals surface area (Å²) in [6.07, 6.45) is 0.547. The molecule has 0 spiro atoms. The van der Waals surface area contributed by atoms with E-state index in [9.17, 15) is 23.3 Å². The average molecular weight is 375 g/mol. The van der Waals surface area contributed by atoms with Crippen LogP contribution in [0.5, 0.6) is 0 Å². The van der Waals surface area contributed by atoms with E-state index in [1.165, 1.54) is 22.5 Å². The number of sulfonamides is 1. The highest BCUT2D eigenvalue weighted by Crippen LogP contribution is 2.27. The van der Waals surface area contributed by atoms with E-state index in [4.69, 9.17) is 0 Å². The van der Waals surface area contributed by atoms with Gasteiger partial charge in [0.15, 0.2) is 0 Å². The smallest absolute Gasteiger partial charge is 0.274 e. The molecule has 2 aromatic rings. The topological polar surface area (TPSA) is 110 Å². The van der Waals surface area contributed by atoms with Crippen LogP contribution in [0.15, 0.2) is 42.5 Å². The van der Waals surface area contributed by atoms with E-state index in [0.29, 0.717) is 29.9 Å². The minimum Gasteiger partial charge on any atom is -0.321 e. The molecule has 0 bridgehead atoms. The summed E-state index contributed by atoms with van der Waals surface area (Å²) in [5.41, 5.74) is 1.31. The molecule has 3 rings (SSSR count). The van der Waals surface area contributed by atoms with Crippen LogP contribution in [0.1, 0.15) is 22.3 Å². The van der Waals surface area contributed by atoms with Crippen molar-refractivity contribution >= 4 is 33.0 Å². The third kappa shape index (κ3) is 3.38. The van der Waals surface area contributed by atoms with Gasteiger partial charge in [-0.2, -0.15) is 0 Å². The van der Waals surface area contributed by atoms with E-state index in [2.05, 4.69) is 5.32 Å². The van der Waals surface area contributed by atoms with Crippen LogP contribution in [0.4, 0.5) is 17.1 Å². The fourth-order valence-electron chi connectivity index (χ4n) is 2.88. The molecule has 2 aromatic carbocycles. The van der Waals surface area contributed by atoms with E-state index >= 15 is 0 Å². The molecule has 0 atom stereocenters. The Kier molecular flexibility index (Phi) is 4.64. The Labute approximate surface area is 150 Å². The van der Waals surface area contributed by atoms with Crippen molar-refractivity contribution in [3.05, 3.63) is 63.7 Å². The summed E-state index contributed by atoms with van der Waals surface area (Å²) in [7, 11) is -3.34. The third-order valence-electron chi connectivity index (χ3n) is 4.25. The predicted molar refractivity (Wildman–Crippen MR) is 98.0 cm³/mol. The first-order chi connectivity index (χ1) is 12.3. The summed E-state index contributed by atoms with van der Waals surface area (Å²) in [5.74, 6) is -0.372. The van der Waals surface area contributed by atoms with E-state index < -0.39 is 20.9 Å². The quantitative estimate of drug-likeness (QED) is 0.653. The number of hydrogen-bond acceptors (Lipinski definition) is 5. The van der Waals surface area contributed by atoms with Crippen molar-refractivity contribution in [1.82, 2.24) is 0 Å². The molecule has 26 heavy (non-hydrogen) atoms. The summed E-state index contributed by atoms with van der Waals surface area (Å²) >= 11 is 0. The van der Waals surface area contributed by atoms with Crippen LogP contribution in [0.2, 0.25) is 0 Å². The normalized spacial score (nSPS) is 15.7. The first kappa shape index (κ1) is 17.9. The van der Waals surface area contributed by atoms with Gasteiger partial charge < -0.3 is 5.32 Å². The lowest BCUT2D eigenvalue weighted by Gasteiger charge is -2.17. The van der Waals surface area contributed by atoms with Crippen LogP contribution < -0.4 is 9.62 Å². The van der Waals surface area contributed by atoms with Gasteiger partial charge in [0.1, 0.15) is 0 Å². The molecule has 8 nitrogen and oxygen atoms in total. The second-order valence-corrected chi connectivity index (χ2v) is 7.97. The van der Waals surface area contributed by atoms with Gasteiger partial charge in [-0.25, -0.2) is 8.42 Å². The van der Waals surface area contributed by atoms with E-state index in [1.54, 1.807) is 31.2 Å².